The lowest BCUT2D eigenvalue weighted by Gasteiger charge is -2.17. The predicted molar refractivity (Wildman–Crippen MR) is 119 cm³/mol. The Labute approximate surface area is 168 Å². The van der Waals surface area contributed by atoms with Crippen molar-refractivity contribution in [1.29, 1.82) is 0 Å². The van der Waals surface area contributed by atoms with Crippen molar-refractivity contribution in [1.82, 2.24) is 14.5 Å². The highest BCUT2D eigenvalue weighted by Crippen LogP contribution is 2.25. The topological polar surface area (TPSA) is 57.0 Å². The van der Waals surface area contributed by atoms with Crippen LogP contribution in [0.15, 0.2) is 52.8 Å². The molecule has 0 aliphatic heterocycles. The van der Waals surface area contributed by atoms with Gasteiger partial charge in [0.2, 0.25) is 0 Å². The largest absolute Gasteiger partial charge is 0.361 e. The van der Waals surface area contributed by atoms with Crippen LogP contribution in [0.4, 0.5) is 0 Å². The second-order valence-corrected chi connectivity index (χ2v) is 14.6. The maximum Gasteiger partial charge on any atom is 0.263 e. The fourth-order valence-electron chi connectivity index (χ4n) is 3.01. The van der Waals surface area contributed by atoms with Crippen LogP contribution in [0.2, 0.25) is 25.7 Å². The summed E-state index contributed by atoms with van der Waals surface area (Å²) >= 11 is 1.65. The summed E-state index contributed by atoms with van der Waals surface area (Å²) < 4.78 is 8.61. The van der Waals surface area contributed by atoms with Gasteiger partial charge in [-0.3, -0.25) is 14.3 Å². The van der Waals surface area contributed by atoms with Crippen molar-refractivity contribution in [3.63, 3.8) is 0 Å². The minimum atomic E-state index is -1.19. The number of rotatable bonds is 6. The third-order valence-electron chi connectivity index (χ3n) is 4.65. The molecule has 0 unspecified atom stereocenters. The van der Waals surface area contributed by atoms with Crippen molar-refractivity contribution >= 4 is 40.4 Å². The minimum absolute atomic E-state index is 0.0965. The van der Waals surface area contributed by atoms with Gasteiger partial charge in [0.05, 0.1) is 15.6 Å². The number of thiophene rings is 1. The molecule has 4 rings (SSSR count). The molecule has 5 nitrogen and oxygen atoms in total. The zero-order valence-electron chi connectivity index (χ0n) is 16.3. The molecule has 0 aliphatic rings. The lowest BCUT2D eigenvalue weighted by atomic mass is 10.2. The summed E-state index contributed by atoms with van der Waals surface area (Å²) in [7, 11) is -1.19. The quantitative estimate of drug-likeness (QED) is 0.333. The van der Waals surface area contributed by atoms with E-state index in [0.29, 0.717) is 29.0 Å². The Balaban J connectivity index is 1.77. The molecule has 0 radical (unpaired) electrons. The Morgan fingerprint density at radius 1 is 1.18 bits per heavy atom. The number of aromatic nitrogens is 3. The zero-order chi connectivity index (χ0) is 19.7. The first-order valence-electron chi connectivity index (χ1n) is 9.33. The van der Waals surface area contributed by atoms with Crippen LogP contribution in [0.5, 0.6) is 0 Å². The molecule has 3 aromatic heterocycles. The average Bonchev–Trinajstić information content (AvgIpc) is 3.13. The van der Waals surface area contributed by atoms with Crippen LogP contribution < -0.4 is 5.56 Å². The average molecular weight is 410 g/mol. The summed E-state index contributed by atoms with van der Waals surface area (Å²) in [6.45, 7) is 7.76. The van der Waals surface area contributed by atoms with Gasteiger partial charge >= 0.3 is 0 Å². The molecule has 0 amide bonds. The van der Waals surface area contributed by atoms with Gasteiger partial charge in [-0.25, -0.2) is 4.98 Å². The predicted octanol–water partition coefficient (Wildman–Crippen LogP) is 4.99. The maximum absolute atomic E-state index is 13.2. The molecule has 144 valence electrons. The number of benzene rings is 1. The van der Waals surface area contributed by atoms with Gasteiger partial charge in [0.15, 0.2) is 5.82 Å². The molecular formula is C21H23N3O2SSi. The molecule has 0 aliphatic carbocycles. The molecule has 0 fully saturated rings. The summed E-state index contributed by atoms with van der Waals surface area (Å²) in [5.74, 6) is 0.546. The second-order valence-electron chi connectivity index (χ2n) is 8.06. The van der Waals surface area contributed by atoms with Crippen molar-refractivity contribution in [2.24, 2.45) is 0 Å². The van der Waals surface area contributed by atoms with Gasteiger partial charge in [-0.2, -0.15) is 0 Å². The summed E-state index contributed by atoms with van der Waals surface area (Å²) in [5.41, 5.74) is 1.26. The molecule has 0 saturated carbocycles. The Morgan fingerprint density at radius 2 is 2.00 bits per heavy atom. The number of para-hydroxylation sites is 1. The maximum atomic E-state index is 13.2. The molecule has 0 atom stereocenters. The van der Waals surface area contributed by atoms with Crippen LogP contribution in [0.3, 0.4) is 0 Å². The van der Waals surface area contributed by atoms with E-state index in [9.17, 15) is 4.79 Å². The molecule has 7 heteroatoms. The van der Waals surface area contributed by atoms with E-state index in [4.69, 9.17) is 9.72 Å². The summed E-state index contributed by atoms with van der Waals surface area (Å²) in [6, 6.07) is 12.5. The van der Waals surface area contributed by atoms with Gasteiger partial charge in [0, 0.05) is 20.9 Å². The van der Waals surface area contributed by atoms with E-state index in [1.807, 2.05) is 41.9 Å². The van der Waals surface area contributed by atoms with Crippen molar-refractivity contribution in [2.45, 2.75) is 32.4 Å². The first-order valence-corrected chi connectivity index (χ1v) is 13.9. The van der Waals surface area contributed by atoms with Crippen molar-refractivity contribution in [3.05, 3.63) is 58.3 Å². The van der Waals surface area contributed by atoms with Crippen molar-refractivity contribution < 1.29 is 4.74 Å². The van der Waals surface area contributed by atoms with Gasteiger partial charge in [-0.05, 0) is 41.1 Å². The molecule has 0 spiro atoms. The summed E-state index contributed by atoms with van der Waals surface area (Å²) in [6.07, 6.45) is 1.84. The molecule has 3 heterocycles. The van der Waals surface area contributed by atoms with E-state index in [0.717, 1.165) is 16.1 Å². The molecular weight excluding hydrogens is 386 g/mol. The highest BCUT2D eigenvalue weighted by Gasteiger charge is 2.16. The third kappa shape index (κ3) is 3.92. The highest BCUT2D eigenvalue weighted by molar-refractivity contribution is 7.17. The lowest BCUT2D eigenvalue weighted by Crippen LogP contribution is -2.27. The van der Waals surface area contributed by atoms with Crippen LogP contribution in [0, 0.1) is 0 Å². The molecule has 28 heavy (non-hydrogen) atoms. The second kappa shape index (κ2) is 7.58. The van der Waals surface area contributed by atoms with Crippen LogP contribution >= 0.6 is 11.3 Å². The number of pyridine rings is 1. The number of hydrogen-bond acceptors (Lipinski definition) is 5. The van der Waals surface area contributed by atoms with Crippen molar-refractivity contribution in [2.75, 3.05) is 6.61 Å². The van der Waals surface area contributed by atoms with E-state index in [1.165, 1.54) is 0 Å². The Kier molecular flexibility index (Phi) is 5.14. The van der Waals surface area contributed by atoms with Gasteiger partial charge in [0.25, 0.3) is 5.56 Å². The highest BCUT2D eigenvalue weighted by atomic mass is 32.1. The lowest BCUT2D eigenvalue weighted by molar-refractivity contribution is 0.0856. The van der Waals surface area contributed by atoms with Gasteiger partial charge in [-0.1, -0.05) is 31.8 Å². The minimum Gasteiger partial charge on any atom is -0.361 e. The Bertz CT molecular complexity index is 1190. The smallest absolute Gasteiger partial charge is 0.263 e. The standard InChI is InChI=1S/C21H23N3O2SSi/c1-28(2,3)11-9-26-14-24-20(18-12-15-8-10-27-19(15)13-22-18)23-17-7-5-4-6-16(17)21(24)25/h4-8,10,12-13H,9,11,14H2,1-3H3. The molecule has 1 aromatic carbocycles. The fourth-order valence-corrected chi connectivity index (χ4v) is 4.50. The van der Waals surface area contributed by atoms with Crippen LogP contribution in [0.1, 0.15) is 0 Å². The molecule has 0 N–H and O–H groups in total. The van der Waals surface area contributed by atoms with Gasteiger partial charge in [0.1, 0.15) is 12.4 Å². The molecule has 0 saturated heterocycles. The number of ether oxygens (including phenoxy) is 1. The number of fused-ring (bicyclic) bond motifs is 2. The summed E-state index contributed by atoms with van der Waals surface area (Å²) in [5, 5.41) is 3.73. The van der Waals surface area contributed by atoms with E-state index in [1.54, 1.807) is 15.9 Å². The monoisotopic (exact) mass is 409 g/mol. The summed E-state index contributed by atoms with van der Waals surface area (Å²) in [4.78, 5) is 22.5. The first kappa shape index (κ1) is 19.0. The van der Waals surface area contributed by atoms with E-state index < -0.39 is 8.07 Å². The zero-order valence-corrected chi connectivity index (χ0v) is 18.1. The molecule has 0 bridgehead atoms. The first-order chi connectivity index (χ1) is 13.4. The number of nitrogens with zero attached hydrogens (tertiary/aromatic N) is 3. The fraction of sp³-hybridized carbons (Fsp3) is 0.286. The van der Waals surface area contributed by atoms with E-state index >= 15 is 0 Å². The Morgan fingerprint density at radius 3 is 2.82 bits per heavy atom. The normalized spacial score (nSPS) is 12.1. The third-order valence-corrected chi connectivity index (χ3v) is 7.22. The van der Waals surface area contributed by atoms with Gasteiger partial charge in [-0.15, -0.1) is 11.3 Å². The SMILES string of the molecule is C[Si](C)(C)CCOCn1c(-c2cc3ccsc3cn2)nc2ccccc2c1=O. The van der Waals surface area contributed by atoms with Crippen LogP contribution in [-0.4, -0.2) is 29.2 Å². The molecule has 4 aromatic rings. The van der Waals surface area contributed by atoms with Crippen molar-refractivity contribution in [3.8, 4) is 11.5 Å². The van der Waals surface area contributed by atoms with E-state index in [-0.39, 0.29) is 12.3 Å². The van der Waals surface area contributed by atoms with Gasteiger partial charge < -0.3 is 4.74 Å². The van der Waals surface area contributed by atoms with Crippen LogP contribution in [0.25, 0.3) is 32.5 Å². The van der Waals surface area contributed by atoms with Crippen LogP contribution in [-0.2, 0) is 11.5 Å². The van der Waals surface area contributed by atoms with E-state index in [2.05, 4.69) is 30.7 Å². The number of hydrogen-bond donors (Lipinski definition) is 0. The Hall–Kier alpha value is -2.35.